The van der Waals surface area contributed by atoms with Crippen molar-refractivity contribution in [2.45, 2.75) is 18.2 Å². The highest BCUT2D eigenvalue weighted by Crippen LogP contribution is 2.26. The monoisotopic (exact) mass is 448 g/mol. The van der Waals surface area contributed by atoms with Gasteiger partial charge in [0.05, 0.1) is 17.0 Å². The number of nitrogens with one attached hydrogen (secondary N) is 2. The van der Waals surface area contributed by atoms with Crippen molar-refractivity contribution in [1.29, 1.82) is 0 Å². The molecule has 0 fully saturated rings. The molecule has 3 aromatic carbocycles. The molecule has 0 saturated carbocycles. The second kappa shape index (κ2) is 8.86. The molecule has 5 nitrogen and oxygen atoms in total. The minimum atomic E-state index is -3.78. The number of carbonyl (C=O) groups is 1. The van der Waals surface area contributed by atoms with E-state index in [0.717, 1.165) is 5.56 Å². The van der Waals surface area contributed by atoms with E-state index in [0.29, 0.717) is 27.0 Å². The summed E-state index contributed by atoms with van der Waals surface area (Å²) in [5.74, 6) is -0.212. The number of halogens is 2. The van der Waals surface area contributed by atoms with Gasteiger partial charge in [0.25, 0.3) is 10.0 Å². The number of sulfonamides is 1. The quantitative estimate of drug-likeness (QED) is 0.538. The average molecular weight is 449 g/mol. The molecule has 0 aliphatic heterocycles. The van der Waals surface area contributed by atoms with Crippen molar-refractivity contribution < 1.29 is 13.2 Å². The summed E-state index contributed by atoms with van der Waals surface area (Å²) >= 11 is 11.9. The van der Waals surface area contributed by atoms with Crippen LogP contribution in [0.1, 0.15) is 11.1 Å². The Bertz CT molecular complexity index is 1130. The second-order valence-electron chi connectivity index (χ2n) is 6.39. The van der Waals surface area contributed by atoms with Crippen molar-refractivity contribution in [1.82, 2.24) is 0 Å². The Morgan fingerprint density at radius 3 is 2.24 bits per heavy atom. The molecule has 150 valence electrons. The summed E-state index contributed by atoms with van der Waals surface area (Å²) in [6, 6.07) is 17.9. The second-order valence-corrected chi connectivity index (χ2v) is 8.92. The van der Waals surface area contributed by atoms with Gasteiger partial charge in [-0.15, -0.1) is 0 Å². The van der Waals surface area contributed by atoms with Gasteiger partial charge in [-0.2, -0.15) is 0 Å². The first-order chi connectivity index (χ1) is 13.7. The van der Waals surface area contributed by atoms with Crippen molar-refractivity contribution in [2.75, 3.05) is 10.0 Å². The minimum absolute atomic E-state index is 0.0765. The van der Waals surface area contributed by atoms with Gasteiger partial charge in [-0.25, -0.2) is 8.42 Å². The predicted octanol–water partition coefficient (Wildman–Crippen LogP) is 5.28. The summed E-state index contributed by atoms with van der Waals surface area (Å²) in [6.07, 6.45) is 0.187. The van der Waals surface area contributed by atoms with E-state index in [-0.39, 0.29) is 17.2 Å². The fraction of sp³-hybridized carbons (Fsp3) is 0.0952. The van der Waals surface area contributed by atoms with Crippen LogP contribution >= 0.6 is 23.2 Å². The lowest BCUT2D eigenvalue weighted by Crippen LogP contribution is -2.15. The van der Waals surface area contributed by atoms with Gasteiger partial charge >= 0.3 is 0 Å². The molecule has 3 rings (SSSR count). The number of rotatable bonds is 6. The van der Waals surface area contributed by atoms with Gasteiger partial charge in [-0.05, 0) is 66.6 Å². The van der Waals surface area contributed by atoms with Crippen LogP contribution in [0.2, 0.25) is 10.0 Å². The van der Waals surface area contributed by atoms with Crippen LogP contribution in [0.25, 0.3) is 0 Å². The third kappa shape index (κ3) is 5.50. The predicted molar refractivity (Wildman–Crippen MR) is 117 cm³/mol. The number of hydrogen-bond acceptors (Lipinski definition) is 3. The molecular weight excluding hydrogens is 431 g/mol. The molecule has 0 unspecified atom stereocenters. The Kier molecular flexibility index (Phi) is 6.47. The number of anilines is 2. The summed E-state index contributed by atoms with van der Waals surface area (Å²) in [5, 5.41) is 3.83. The highest BCUT2D eigenvalue weighted by atomic mass is 35.5. The molecule has 0 spiro atoms. The van der Waals surface area contributed by atoms with Crippen LogP contribution in [0.5, 0.6) is 0 Å². The zero-order valence-electron chi connectivity index (χ0n) is 15.4. The Labute approximate surface area is 179 Å². The van der Waals surface area contributed by atoms with E-state index >= 15 is 0 Å². The van der Waals surface area contributed by atoms with Crippen LogP contribution < -0.4 is 10.0 Å². The Hall–Kier alpha value is -2.54. The SMILES string of the molecule is Cc1c(Cl)cccc1NS(=O)(=O)c1ccc(NC(=O)Cc2ccc(Cl)cc2)cc1. The van der Waals surface area contributed by atoms with E-state index in [9.17, 15) is 13.2 Å². The first-order valence-electron chi connectivity index (χ1n) is 8.67. The number of hydrogen-bond donors (Lipinski definition) is 2. The summed E-state index contributed by atoms with van der Waals surface area (Å²) in [4.78, 5) is 12.2. The number of carbonyl (C=O) groups excluding carboxylic acids is 1. The molecule has 0 aliphatic carbocycles. The van der Waals surface area contributed by atoms with Crippen LogP contribution in [0, 0.1) is 6.92 Å². The zero-order chi connectivity index (χ0) is 21.0. The van der Waals surface area contributed by atoms with Crippen LogP contribution in [-0.2, 0) is 21.2 Å². The van der Waals surface area contributed by atoms with Crippen molar-refractivity contribution in [3.05, 3.63) is 87.9 Å². The maximum Gasteiger partial charge on any atom is 0.261 e. The van der Waals surface area contributed by atoms with Crippen LogP contribution in [0.3, 0.4) is 0 Å². The molecule has 0 atom stereocenters. The van der Waals surface area contributed by atoms with Crippen molar-refractivity contribution in [3.8, 4) is 0 Å². The molecular formula is C21H18Cl2N2O3S. The standard InChI is InChI=1S/C21H18Cl2N2O3S/c1-14-19(23)3-2-4-20(14)25-29(27,28)18-11-9-17(10-12-18)24-21(26)13-15-5-7-16(22)8-6-15/h2-12,25H,13H2,1H3,(H,24,26). The molecule has 0 radical (unpaired) electrons. The molecule has 1 amide bonds. The lowest BCUT2D eigenvalue weighted by molar-refractivity contribution is -0.115. The Morgan fingerprint density at radius 2 is 1.59 bits per heavy atom. The van der Waals surface area contributed by atoms with Gasteiger partial charge in [-0.3, -0.25) is 9.52 Å². The van der Waals surface area contributed by atoms with Crippen LogP contribution in [-0.4, -0.2) is 14.3 Å². The van der Waals surface area contributed by atoms with Crippen molar-refractivity contribution in [3.63, 3.8) is 0 Å². The topological polar surface area (TPSA) is 75.3 Å². The zero-order valence-corrected chi connectivity index (χ0v) is 17.8. The van der Waals surface area contributed by atoms with E-state index in [1.165, 1.54) is 12.1 Å². The van der Waals surface area contributed by atoms with Gasteiger partial charge in [0, 0.05) is 15.7 Å². The van der Waals surface area contributed by atoms with E-state index in [2.05, 4.69) is 10.0 Å². The van der Waals surface area contributed by atoms with Gasteiger partial charge in [0.15, 0.2) is 0 Å². The summed E-state index contributed by atoms with van der Waals surface area (Å²) in [6.45, 7) is 1.74. The molecule has 0 saturated heterocycles. The smallest absolute Gasteiger partial charge is 0.261 e. The fourth-order valence-electron chi connectivity index (χ4n) is 2.63. The molecule has 0 aliphatic rings. The largest absolute Gasteiger partial charge is 0.326 e. The maximum absolute atomic E-state index is 12.6. The van der Waals surface area contributed by atoms with Crippen molar-refractivity contribution in [2.24, 2.45) is 0 Å². The van der Waals surface area contributed by atoms with E-state index in [1.54, 1.807) is 61.5 Å². The van der Waals surface area contributed by atoms with Crippen LogP contribution in [0.4, 0.5) is 11.4 Å². The van der Waals surface area contributed by atoms with E-state index in [4.69, 9.17) is 23.2 Å². The molecule has 2 N–H and O–H groups in total. The lowest BCUT2D eigenvalue weighted by atomic mass is 10.1. The van der Waals surface area contributed by atoms with Crippen molar-refractivity contribution >= 4 is 50.5 Å². The maximum atomic E-state index is 12.6. The Balaban J connectivity index is 1.68. The van der Waals surface area contributed by atoms with Gasteiger partial charge in [0.2, 0.25) is 5.91 Å². The molecule has 0 aromatic heterocycles. The lowest BCUT2D eigenvalue weighted by Gasteiger charge is -2.12. The fourth-order valence-corrected chi connectivity index (χ4v) is 4.06. The third-order valence-electron chi connectivity index (χ3n) is 4.24. The Morgan fingerprint density at radius 1 is 0.931 bits per heavy atom. The number of amides is 1. The third-order valence-corrected chi connectivity index (χ3v) is 6.28. The van der Waals surface area contributed by atoms with Crippen LogP contribution in [0.15, 0.2) is 71.6 Å². The van der Waals surface area contributed by atoms with E-state index < -0.39 is 10.0 Å². The molecule has 29 heavy (non-hydrogen) atoms. The molecule has 0 heterocycles. The van der Waals surface area contributed by atoms with Gasteiger partial charge in [0.1, 0.15) is 0 Å². The normalized spacial score (nSPS) is 11.1. The molecule has 0 bridgehead atoms. The first kappa shape index (κ1) is 21.2. The summed E-state index contributed by atoms with van der Waals surface area (Å²) in [7, 11) is -3.78. The molecule has 8 heteroatoms. The number of benzene rings is 3. The van der Waals surface area contributed by atoms with Gasteiger partial charge in [-0.1, -0.05) is 41.4 Å². The van der Waals surface area contributed by atoms with Gasteiger partial charge < -0.3 is 5.32 Å². The average Bonchev–Trinajstić information content (AvgIpc) is 2.67. The first-order valence-corrected chi connectivity index (χ1v) is 10.9. The minimum Gasteiger partial charge on any atom is -0.326 e. The summed E-state index contributed by atoms with van der Waals surface area (Å²) in [5.41, 5.74) is 2.38. The summed E-state index contributed by atoms with van der Waals surface area (Å²) < 4.78 is 27.8. The highest BCUT2D eigenvalue weighted by Gasteiger charge is 2.16. The highest BCUT2D eigenvalue weighted by molar-refractivity contribution is 7.92. The van der Waals surface area contributed by atoms with E-state index in [1.807, 2.05) is 0 Å². The molecule has 3 aromatic rings.